The van der Waals surface area contributed by atoms with E-state index in [1.165, 1.54) is 12.1 Å². The molecule has 28 heavy (non-hydrogen) atoms. The molecule has 0 unspecified atom stereocenters. The van der Waals surface area contributed by atoms with Gasteiger partial charge in [0.15, 0.2) is 5.75 Å². The van der Waals surface area contributed by atoms with Crippen LogP contribution in [0.3, 0.4) is 0 Å². The molecule has 3 rings (SSSR count). The quantitative estimate of drug-likeness (QED) is 0.198. The van der Waals surface area contributed by atoms with Gasteiger partial charge in [-0.3, -0.25) is 0 Å². The van der Waals surface area contributed by atoms with Gasteiger partial charge in [0.1, 0.15) is 12.4 Å². The minimum Gasteiger partial charge on any atom is -0.486 e. The van der Waals surface area contributed by atoms with E-state index in [4.69, 9.17) is 27.9 Å². The number of ether oxygens (including phenoxy) is 1. The van der Waals surface area contributed by atoms with Crippen LogP contribution in [-0.2, 0) is 6.61 Å². The standard InChI is InChI=1S/C22H13Cl2FINO/c23-20-9-15(8-17(12-27)16-2-1-3-18(25)11-16)10-21(24)22(20)28-13-14-4-6-19(26)7-5-14/h1-11H,13H2/b17-8-. The van der Waals surface area contributed by atoms with Crippen LogP contribution in [0.2, 0.25) is 10.0 Å². The van der Waals surface area contributed by atoms with Gasteiger partial charge in [0.2, 0.25) is 0 Å². The number of hydrogen-bond donors (Lipinski definition) is 0. The number of allylic oxidation sites excluding steroid dienone is 1. The van der Waals surface area contributed by atoms with Crippen LogP contribution in [0.15, 0.2) is 60.7 Å². The predicted molar refractivity (Wildman–Crippen MR) is 120 cm³/mol. The summed E-state index contributed by atoms with van der Waals surface area (Å²) in [5, 5.41) is 10.1. The van der Waals surface area contributed by atoms with Crippen molar-refractivity contribution in [2.45, 2.75) is 6.61 Å². The maximum atomic E-state index is 13.4. The van der Waals surface area contributed by atoms with Crippen LogP contribution in [0.1, 0.15) is 16.7 Å². The molecular formula is C22H13Cl2FINO. The summed E-state index contributed by atoms with van der Waals surface area (Å²) in [7, 11) is 0. The highest BCUT2D eigenvalue weighted by Crippen LogP contribution is 2.36. The summed E-state index contributed by atoms with van der Waals surface area (Å²) in [5.41, 5.74) is 2.40. The molecule has 3 aromatic rings. The molecule has 0 saturated heterocycles. The first-order valence-corrected chi connectivity index (χ1v) is 10.0. The SMILES string of the molecule is N#C/C(=C/c1cc(Cl)c(OCc2ccc(I)cc2)c(Cl)c1)c1cccc(F)c1. The maximum Gasteiger partial charge on any atom is 0.157 e. The fourth-order valence-electron chi connectivity index (χ4n) is 2.54. The van der Waals surface area contributed by atoms with E-state index in [0.29, 0.717) is 39.1 Å². The van der Waals surface area contributed by atoms with Gasteiger partial charge in [-0.25, -0.2) is 4.39 Å². The minimum absolute atomic E-state index is 0.305. The molecule has 0 saturated carbocycles. The Balaban J connectivity index is 1.84. The lowest BCUT2D eigenvalue weighted by molar-refractivity contribution is 0.306. The predicted octanol–water partition coefficient (Wildman–Crippen LogP) is 7.38. The van der Waals surface area contributed by atoms with Crippen molar-refractivity contribution in [2.24, 2.45) is 0 Å². The van der Waals surface area contributed by atoms with Gasteiger partial charge in [0, 0.05) is 3.57 Å². The van der Waals surface area contributed by atoms with Crippen molar-refractivity contribution in [1.29, 1.82) is 5.26 Å². The highest BCUT2D eigenvalue weighted by atomic mass is 127. The Morgan fingerprint density at radius 1 is 1.07 bits per heavy atom. The van der Waals surface area contributed by atoms with Crippen LogP contribution < -0.4 is 4.74 Å². The van der Waals surface area contributed by atoms with Crippen LogP contribution in [0.4, 0.5) is 4.39 Å². The zero-order chi connectivity index (χ0) is 20.1. The first-order valence-electron chi connectivity index (χ1n) is 8.20. The van der Waals surface area contributed by atoms with Gasteiger partial charge in [-0.2, -0.15) is 5.26 Å². The summed E-state index contributed by atoms with van der Waals surface area (Å²) >= 11 is 14.9. The van der Waals surface area contributed by atoms with Crippen LogP contribution in [0, 0.1) is 20.7 Å². The zero-order valence-corrected chi connectivity index (χ0v) is 18.1. The normalized spacial score (nSPS) is 11.2. The van der Waals surface area contributed by atoms with Crippen molar-refractivity contribution in [3.63, 3.8) is 0 Å². The second kappa shape index (κ2) is 9.42. The largest absolute Gasteiger partial charge is 0.486 e. The molecule has 0 spiro atoms. The molecule has 0 N–H and O–H groups in total. The molecule has 0 bridgehead atoms. The van der Waals surface area contributed by atoms with E-state index in [1.54, 1.807) is 30.3 Å². The summed E-state index contributed by atoms with van der Waals surface area (Å²) in [6, 6.07) is 19.2. The van der Waals surface area contributed by atoms with Gasteiger partial charge in [-0.05, 0) is 81.8 Å². The van der Waals surface area contributed by atoms with Gasteiger partial charge in [0.25, 0.3) is 0 Å². The monoisotopic (exact) mass is 523 g/mol. The Hall–Kier alpha value is -2.07. The van der Waals surface area contributed by atoms with Gasteiger partial charge < -0.3 is 4.74 Å². The second-order valence-electron chi connectivity index (χ2n) is 5.91. The Kier molecular flexibility index (Phi) is 6.95. The van der Waals surface area contributed by atoms with Crippen LogP contribution >= 0.6 is 45.8 Å². The van der Waals surface area contributed by atoms with Crippen LogP contribution in [-0.4, -0.2) is 0 Å². The first-order chi connectivity index (χ1) is 13.5. The van der Waals surface area contributed by atoms with Crippen molar-refractivity contribution in [1.82, 2.24) is 0 Å². The van der Waals surface area contributed by atoms with E-state index in [1.807, 2.05) is 24.3 Å². The van der Waals surface area contributed by atoms with Crippen molar-refractivity contribution in [3.8, 4) is 11.8 Å². The Labute approximate surface area is 186 Å². The molecule has 3 aromatic carbocycles. The molecule has 0 atom stereocenters. The third-order valence-corrected chi connectivity index (χ3v) is 5.16. The molecule has 6 heteroatoms. The summed E-state index contributed by atoms with van der Waals surface area (Å²) in [6.07, 6.45) is 1.61. The average molecular weight is 524 g/mol. The molecule has 0 amide bonds. The number of hydrogen-bond acceptors (Lipinski definition) is 2. The Morgan fingerprint density at radius 3 is 2.36 bits per heavy atom. The zero-order valence-electron chi connectivity index (χ0n) is 14.4. The molecule has 0 heterocycles. The summed E-state index contributed by atoms with van der Waals surface area (Å²) in [4.78, 5) is 0. The summed E-state index contributed by atoms with van der Waals surface area (Å²) in [6.45, 7) is 0.332. The second-order valence-corrected chi connectivity index (χ2v) is 7.97. The first kappa shape index (κ1) is 20.7. The number of nitrogens with zero attached hydrogens (tertiary/aromatic N) is 1. The smallest absolute Gasteiger partial charge is 0.157 e. The molecular weight excluding hydrogens is 511 g/mol. The van der Waals surface area contributed by atoms with Crippen molar-refractivity contribution < 1.29 is 9.13 Å². The maximum absolute atomic E-state index is 13.4. The van der Waals surface area contributed by atoms with E-state index in [0.717, 1.165) is 9.13 Å². The van der Waals surface area contributed by atoms with E-state index >= 15 is 0 Å². The third kappa shape index (κ3) is 5.26. The van der Waals surface area contributed by atoms with Crippen molar-refractivity contribution in [3.05, 3.63) is 96.8 Å². The molecule has 140 valence electrons. The van der Waals surface area contributed by atoms with E-state index in [2.05, 4.69) is 28.7 Å². The summed E-state index contributed by atoms with van der Waals surface area (Å²) < 4.78 is 20.4. The lowest BCUT2D eigenvalue weighted by atomic mass is 10.0. The molecule has 0 aromatic heterocycles. The fraction of sp³-hybridized carbons (Fsp3) is 0.0455. The average Bonchev–Trinajstić information content (AvgIpc) is 2.67. The lowest BCUT2D eigenvalue weighted by Gasteiger charge is -2.11. The van der Waals surface area contributed by atoms with E-state index in [-0.39, 0.29) is 0 Å². The minimum atomic E-state index is -0.408. The lowest BCUT2D eigenvalue weighted by Crippen LogP contribution is -1.97. The summed E-state index contributed by atoms with van der Waals surface area (Å²) in [5.74, 6) is -0.0302. The van der Waals surface area contributed by atoms with Gasteiger partial charge in [-0.1, -0.05) is 47.5 Å². The van der Waals surface area contributed by atoms with Crippen molar-refractivity contribution >= 4 is 57.4 Å². The molecule has 0 aliphatic rings. The Bertz CT molecular complexity index is 1050. The van der Waals surface area contributed by atoms with E-state index in [9.17, 15) is 9.65 Å². The van der Waals surface area contributed by atoms with Gasteiger partial charge in [0.05, 0.1) is 21.7 Å². The topological polar surface area (TPSA) is 33.0 Å². The molecule has 0 aliphatic heterocycles. The van der Waals surface area contributed by atoms with Gasteiger partial charge in [-0.15, -0.1) is 0 Å². The van der Waals surface area contributed by atoms with Crippen molar-refractivity contribution in [2.75, 3.05) is 0 Å². The molecule has 0 aliphatic carbocycles. The number of benzene rings is 3. The van der Waals surface area contributed by atoms with E-state index < -0.39 is 5.82 Å². The highest BCUT2D eigenvalue weighted by Gasteiger charge is 2.11. The number of halogens is 4. The molecule has 2 nitrogen and oxygen atoms in total. The molecule has 0 fully saturated rings. The van der Waals surface area contributed by atoms with Crippen LogP contribution in [0.5, 0.6) is 5.75 Å². The highest BCUT2D eigenvalue weighted by molar-refractivity contribution is 14.1. The number of rotatable bonds is 5. The third-order valence-electron chi connectivity index (χ3n) is 3.88. The Morgan fingerprint density at radius 2 is 1.75 bits per heavy atom. The number of nitriles is 1. The van der Waals surface area contributed by atoms with Crippen LogP contribution in [0.25, 0.3) is 11.6 Å². The van der Waals surface area contributed by atoms with Gasteiger partial charge >= 0.3 is 0 Å². The molecule has 0 radical (unpaired) electrons. The fourth-order valence-corrected chi connectivity index (χ4v) is 3.51.